The summed E-state index contributed by atoms with van der Waals surface area (Å²) in [6, 6.07) is 0. The van der Waals surface area contributed by atoms with Crippen molar-refractivity contribution in [3.8, 4) is 0 Å². The molecule has 11 rings (SSSR count). The number of esters is 4. The third-order valence-corrected chi connectivity index (χ3v) is 18.5. The van der Waals surface area contributed by atoms with Gasteiger partial charge < -0.3 is 39.0 Å². The number of aliphatic carboxylic acids is 1. The van der Waals surface area contributed by atoms with Gasteiger partial charge in [-0.2, -0.15) is 0 Å². The van der Waals surface area contributed by atoms with E-state index in [0.717, 1.165) is 77.0 Å². The smallest absolute Gasteiger partial charge is 0.312 e. The normalized spacial score (nSPS) is 39.7. The summed E-state index contributed by atoms with van der Waals surface area (Å²) in [5.74, 6) is 1.02. The first-order valence-corrected chi connectivity index (χ1v) is 25.7. The summed E-state index contributed by atoms with van der Waals surface area (Å²) < 4.78 is 28.6. The van der Waals surface area contributed by atoms with Crippen LogP contribution in [0.3, 0.4) is 0 Å². The van der Waals surface area contributed by atoms with Gasteiger partial charge in [0.2, 0.25) is 0 Å². The fraction of sp³-hybridized carbons (Fsp3) is 0.906. The Kier molecular flexibility index (Phi) is 14.8. The summed E-state index contributed by atoms with van der Waals surface area (Å²) in [5.41, 5.74) is -3.57. The molecule has 0 aromatic carbocycles. The number of carbonyl (C=O) groups excluding carboxylic acids is 4. The second kappa shape index (κ2) is 18.5. The Balaban J connectivity index is 0.000000152. The fourth-order valence-corrected chi connectivity index (χ4v) is 13.0. The molecule has 13 heteroatoms. The van der Waals surface area contributed by atoms with E-state index < -0.39 is 51.0 Å². The number of rotatable bonds is 12. The first kappa shape index (κ1) is 52.6. The largest absolute Gasteiger partial charge is 0.481 e. The van der Waals surface area contributed by atoms with Crippen LogP contribution in [0.15, 0.2) is 0 Å². The average Bonchev–Trinajstić information content (AvgIpc) is 3.87. The molecule has 3 heterocycles. The zero-order valence-electron chi connectivity index (χ0n) is 42.7. The third kappa shape index (κ3) is 10.2. The van der Waals surface area contributed by atoms with Crippen LogP contribution in [0.5, 0.6) is 0 Å². The lowest BCUT2D eigenvalue weighted by molar-refractivity contribution is -0.247. The first-order valence-electron chi connectivity index (χ1n) is 25.7. The van der Waals surface area contributed by atoms with E-state index in [2.05, 4.69) is 6.92 Å². The Morgan fingerprint density at radius 2 is 1.09 bits per heavy atom. The molecule has 11 fully saturated rings. The van der Waals surface area contributed by atoms with Gasteiger partial charge in [-0.3, -0.25) is 24.0 Å². The van der Waals surface area contributed by atoms with Gasteiger partial charge in [0.1, 0.15) is 17.3 Å². The Morgan fingerprint density at radius 3 is 1.53 bits per heavy atom. The van der Waals surface area contributed by atoms with Crippen molar-refractivity contribution in [2.45, 2.75) is 246 Å². The van der Waals surface area contributed by atoms with Gasteiger partial charge in [-0.1, -0.05) is 34.6 Å². The molecule has 11 aliphatic rings. The predicted octanol–water partition coefficient (Wildman–Crippen LogP) is 9.29. The topological polar surface area (TPSA) is 192 Å². The van der Waals surface area contributed by atoms with Crippen LogP contribution in [-0.4, -0.2) is 92.0 Å². The SMILES string of the molecule is CCC(C)(C)C(=O)O.CCC(C)(C)C(=O)OC1(CC)C2CC3CC1CC(O)(C3)C2.CCC(C)(C)C(=O)OC12CC3CC(CC(O)(C3)C1)C2.CCC(C)(C)C(=O)OC1C2CC3C(=O)OC1C3O2. The molecule has 0 aromatic heterocycles. The summed E-state index contributed by atoms with van der Waals surface area (Å²) in [7, 11) is 0. The second-order valence-corrected chi connectivity index (χ2v) is 25.0. The highest BCUT2D eigenvalue weighted by atomic mass is 16.7. The minimum absolute atomic E-state index is 0.0497. The van der Waals surface area contributed by atoms with Gasteiger partial charge in [0, 0.05) is 18.3 Å². The first-order chi connectivity index (χ1) is 30.4. The molecule has 3 saturated heterocycles. The Labute approximate surface area is 394 Å². The van der Waals surface area contributed by atoms with Crippen molar-refractivity contribution in [3.05, 3.63) is 0 Å². The molecule has 8 aliphatic carbocycles. The van der Waals surface area contributed by atoms with Crippen LogP contribution in [-0.2, 0) is 47.7 Å². The Hall–Kier alpha value is -2.77. The number of hydrogen-bond donors (Lipinski definition) is 3. The predicted molar refractivity (Wildman–Crippen MR) is 247 cm³/mol. The zero-order valence-corrected chi connectivity index (χ0v) is 42.7. The van der Waals surface area contributed by atoms with Gasteiger partial charge in [0.05, 0.1) is 44.9 Å². The number of carbonyl (C=O) groups is 5. The summed E-state index contributed by atoms with van der Waals surface area (Å²) in [4.78, 5) is 58.9. The number of ether oxygens (including phenoxy) is 5. The summed E-state index contributed by atoms with van der Waals surface area (Å²) >= 11 is 0. The number of carboxylic acid groups (broad SMARTS) is 1. The number of carboxylic acids is 1. The molecule has 0 amide bonds. The molecule has 0 aromatic rings. The minimum Gasteiger partial charge on any atom is -0.481 e. The third-order valence-electron chi connectivity index (χ3n) is 18.5. The van der Waals surface area contributed by atoms with E-state index in [0.29, 0.717) is 55.3 Å². The maximum atomic E-state index is 12.6. The highest BCUT2D eigenvalue weighted by Crippen LogP contribution is 2.63. The highest BCUT2D eigenvalue weighted by Gasteiger charge is 2.66. The van der Waals surface area contributed by atoms with Gasteiger partial charge in [-0.25, -0.2) is 0 Å². The number of hydrogen-bond acceptors (Lipinski definition) is 12. The van der Waals surface area contributed by atoms with Crippen LogP contribution in [0.25, 0.3) is 0 Å². The fourth-order valence-electron chi connectivity index (χ4n) is 13.0. The molecular weight excluding hydrogens is 845 g/mol. The van der Waals surface area contributed by atoms with E-state index in [4.69, 9.17) is 28.8 Å². The van der Waals surface area contributed by atoms with E-state index in [-0.39, 0.29) is 53.2 Å². The van der Waals surface area contributed by atoms with Gasteiger partial charge in [-0.15, -0.1) is 0 Å². The van der Waals surface area contributed by atoms with Crippen molar-refractivity contribution in [2.75, 3.05) is 0 Å². The van der Waals surface area contributed by atoms with E-state index in [1.165, 1.54) is 6.42 Å². The van der Waals surface area contributed by atoms with Gasteiger partial charge in [0.15, 0.2) is 12.2 Å². The molecule has 9 atom stereocenters. The molecular formula is C53H86O13. The molecule has 8 saturated carbocycles. The van der Waals surface area contributed by atoms with Gasteiger partial charge >= 0.3 is 29.8 Å². The van der Waals surface area contributed by atoms with Crippen molar-refractivity contribution < 1.29 is 63.0 Å². The second-order valence-electron chi connectivity index (χ2n) is 25.0. The van der Waals surface area contributed by atoms with Crippen LogP contribution >= 0.6 is 0 Å². The van der Waals surface area contributed by atoms with Gasteiger partial charge in [0.25, 0.3) is 0 Å². The highest BCUT2D eigenvalue weighted by molar-refractivity contribution is 5.79. The molecule has 0 spiro atoms. The van der Waals surface area contributed by atoms with Crippen LogP contribution in [0.4, 0.5) is 0 Å². The molecule has 376 valence electrons. The summed E-state index contributed by atoms with van der Waals surface area (Å²) in [6.07, 6.45) is 13.8. The molecule has 3 aliphatic heterocycles. The standard InChI is InChI=1S/C18H30O3.C16H26O3.C13H18O5.C6H12O2/c1-5-16(3,4)15(19)21-18(6-2)13-7-12-8-14(18)11-17(20,9-12)10-13;1-4-14(2,3)13(17)19-16-8-11-5-12(9-16)7-15(18,6-11)10-16;1-4-13(2,3)12(15)18-9-7-5-6-8(16-7)10(9)17-11(6)14;1-4-6(2,3)5(7)8/h12-14,20H,5-11H2,1-4H3;11-12,18H,4-10H2,1-3H3;6-10H,4-5H2,1-3H3;4H2,1-3H3,(H,7,8). The van der Waals surface area contributed by atoms with E-state index in [1.54, 1.807) is 13.8 Å². The van der Waals surface area contributed by atoms with Gasteiger partial charge in [-0.05, 0) is 176 Å². The number of aliphatic hydroxyl groups is 2. The van der Waals surface area contributed by atoms with Crippen LogP contribution in [0.2, 0.25) is 0 Å². The summed E-state index contributed by atoms with van der Waals surface area (Å²) in [6.45, 7) is 25.0. The zero-order chi connectivity index (χ0) is 49.2. The maximum Gasteiger partial charge on any atom is 0.312 e. The van der Waals surface area contributed by atoms with Crippen molar-refractivity contribution in [1.29, 1.82) is 0 Å². The van der Waals surface area contributed by atoms with Crippen molar-refractivity contribution in [1.82, 2.24) is 0 Å². The summed E-state index contributed by atoms with van der Waals surface area (Å²) in [5, 5.41) is 29.8. The molecule has 10 bridgehead atoms. The molecule has 13 nitrogen and oxygen atoms in total. The van der Waals surface area contributed by atoms with Crippen molar-refractivity contribution in [3.63, 3.8) is 0 Å². The van der Waals surface area contributed by atoms with E-state index >= 15 is 0 Å². The van der Waals surface area contributed by atoms with Crippen molar-refractivity contribution >= 4 is 29.8 Å². The van der Waals surface area contributed by atoms with E-state index in [1.807, 2.05) is 69.2 Å². The lowest BCUT2D eigenvalue weighted by atomic mass is 9.47. The van der Waals surface area contributed by atoms with E-state index in [9.17, 15) is 34.2 Å². The number of fused-ring (bicyclic) bond motifs is 1. The quantitative estimate of drug-likeness (QED) is 0.124. The molecule has 0 radical (unpaired) electrons. The molecule has 66 heavy (non-hydrogen) atoms. The average molecular weight is 931 g/mol. The minimum atomic E-state index is -0.722. The van der Waals surface area contributed by atoms with Crippen LogP contribution < -0.4 is 0 Å². The lowest BCUT2D eigenvalue weighted by Crippen LogP contribution is -2.65. The Bertz CT molecular complexity index is 1800. The lowest BCUT2D eigenvalue weighted by Gasteiger charge is -2.63. The monoisotopic (exact) mass is 931 g/mol. The maximum absolute atomic E-state index is 12.6. The van der Waals surface area contributed by atoms with Crippen molar-refractivity contribution in [2.24, 2.45) is 57.2 Å². The Morgan fingerprint density at radius 1 is 0.606 bits per heavy atom. The molecule has 9 unspecified atom stereocenters. The van der Waals surface area contributed by atoms with Crippen LogP contribution in [0, 0.1) is 57.2 Å². The molecule has 3 N–H and O–H groups in total. The van der Waals surface area contributed by atoms with Crippen LogP contribution in [0.1, 0.15) is 199 Å².